The Labute approximate surface area is 222 Å². The SMILES string of the molecule is CCCNC(=O)[C@@H](CC)N(CCc1ccccc1)C(=O)CCCN(c1ccc(OCC)cc1)S(C)(=O)=O. The summed E-state index contributed by atoms with van der Waals surface area (Å²) in [6, 6.07) is 16.1. The molecule has 0 aromatic heterocycles. The van der Waals surface area contributed by atoms with Crippen LogP contribution in [-0.4, -0.2) is 63.7 Å². The van der Waals surface area contributed by atoms with E-state index in [-0.39, 0.29) is 24.8 Å². The summed E-state index contributed by atoms with van der Waals surface area (Å²) < 4.78 is 31.8. The van der Waals surface area contributed by atoms with Gasteiger partial charge in [-0.05, 0) is 62.4 Å². The van der Waals surface area contributed by atoms with Crippen molar-refractivity contribution in [3.05, 3.63) is 60.2 Å². The molecule has 0 radical (unpaired) electrons. The second-order valence-electron chi connectivity index (χ2n) is 8.90. The minimum Gasteiger partial charge on any atom is -0.494 e. The summed E-state index contributed by atoms with van der Waals surface area (Å²) in [6.45, 7) is 7.41. The van der Waals surface area contributed by atoms with E-state index in [1.165, 1.54) is 4.31 Å². The summed E-state index contributed by atoms with van der Waals surface area (Å²) in [5.41, 5.74) is 1.60. The molecule has 1 N–H and O–H groups in total. The molecule has 0 heterocycles. The van der Waals surface area contributed by atoms with Gasteiger partial charge in [0.25, 0.3) is 0 Å². The number of rotatable bonds is 16. The van der Waals surface area contributed by atoms with Crippen LogP contribution in [0.25, 0.3) is 0 Å². The molecule has 2 rings (SSSR count). The van der Waals surface area contributed by atoms with Gasteiger partial charge in [-0.3, -0.25) is 13.9 Å². The van der Waals surface area contributed by atoms with Crippen LogP contribution in [0.5, 0.6) is 5.75 Å². The van der Waals surface area contributed by atoms with Gasteiger partial charge in [-0.2, -0.15) is 0 Å². The fourth-order valence-corrected chi connectivity index (χ4v) is 5.11. The average Bonchev–Trinajstić information content (AvgIpc) is 2.88. The molecule has 0 unspecified atom stereocenters. The lowest BCUT2D eigenvalue weighted by atomic mass is 10.1. The molecule has 1 atom stereocenters. The molecule has 0 aliphatic heterocycles. The van der Waals surface area contributed by atoms with Gasteiger partial charge in [0, 0.05) is 26.1 Å². The summed E-state index contributed by atoms with van der Waals surface area (Å²) in [5, 5.41) is 2.92. The highest BCUT2D eigenvalue weighted by molar-refractivity contribution is 7.92. The van der Waals surface area contributed by atoms with E-state index in [2.05, 4.69) is 5.32 Å². The van der Waals surface area contributed by atoms with Crippen LogP contribution in [0.1, 0.15) is 52.0 Å². The number of hydrogen-bond acceptors (Lipinski definition) is 5. The molecule has 204 valence electrons. The normalized spacial score (nSPS) is 12.0. The van der Waals surface area contributed by atoms with Crippen LogP contribution >= 0.6 is 0 Å². The quantitative estimate of drug-likeness (QED) is 0.353. The third-order valence-electron chi connectivity index (χ3n) is 6.01. The number of sulfonamides is 1. The first-order chi connectivity index (χ1) is 17.7. The summed E-state index contributed by atoms with van der Waals surface area (Å²) in [4.78, 5) is 27.9. The number of benzene rings is 2. The molecule has 9 heteroatoms. The molecule has 0 aliphatic carbocycles. The molecule has 0 spiro atoms. The standard InChI is InChI=1S/C28H41N3O5S/c1-5-20-29-28(33)26(6-2)30(22-19-23-12-9-8-10-13-23)27(32)14-11-21-31(37(4,34)35)24-15-17-25(18-16-24)36-7-3/h8-10,12-13,15-18,26H,5-7,11,14,19-22H2,1-4H3,(H,29,33)/t26-/m1/s1. The molecular formula is C28H41N3O5S. The van der Waals surface area contributed by atoms with E-state index in [9.17, 15) is 18.0 Å². The lowest BCUT2D eigenvalue weighted by Gasteiger charge is -2.31. The summed E-state index contributed by atoms with van der Waals surface area (Å²) in [7, 11) is -3.55. The molecule has 0 saturated carbocycles. The second kappa shape index (κ2) is 15.2. The van der Waals surface area contributed by atoms with Crippen molar-refractivity contribution in [3.8, 4) is 5.75 Å². The number of carbonyl (C=O) groups excluding carboxylic acids is 2. The molecule has 8 nitrogen and oxygen atoms in total. The van der Waals surface area contributed by atoms with Crippen molar-refractivity contribution in [2.24, 2.45) is 0 Å². The molecule has 2 aromatic rings. The van der Waals surface area contributed by atoms with Crippen molar-refractivity contribution >= 4 is 27.5 Å². The highest BCUT2D eigenvalue weighted by Crippen LogP contribution is 2.22. The molecular weight excluding hydrogens is 490 g/mol. The first-order valence-electron chi connectivity index (χ1n) is 13.0. The third kappa shape index (κ3) is 9.72. The number of nitrogens with zero attached hydrogens (tertiary/aromatic N) is 2. The Bertz CT molecular complexity index is 1070. The van der Waals surface area contributed by atoms with Crippen LogP contribution in [0.15, 0.2) is 54.6 Å². The van der Waals surface area contributed by atoms with E-state index in [0.717, 1.165) is 18.2 Å². The lowest BCUT2D eigenvalue weighted by Crippen LogP contribution is -2.50. The summed E-state index contributed by atoms with van der Waals surface area (Å²) >= 11 is 0. The number of nitrogens with one attached hydrogen (secondary N) is 1. The number of carbonyl (C=O) groups is 2. The maximum atomic E-state index is 13.4. The largest absolute Gasteiger partial charge is 0.494 e. The van der Waals surface area contributed by atoms with Gasteiger partial charge in [0.05, 0.1) is 18.6 Å². The zero-order valence-corrected chi connectivity index (χ0v) is 23.3. The van der Waals surface area contributed by atoms with Gasteiger partial charge in [-0.15, -0.1) is 0 Å². The van der Waals surface area contributed by atoms with E-state index in [1.54, 1.807) is 29.2 Å². The fraction of sp³-hybridized carbons (Fsp3) is 0.500. The van der Waals surface area contributed by atoms with Gasteiger partial charge in [0.2, 0.25) is 21.8 Å². The van der Waals surface area contributed by atoms with Gasteiger partial charge in [-0.1, -0.05) is 44.2 Å². The van der Waals surface area contributed by atoms with Crippen LogP contribution in [0.4, 0.5) is 5.69 Å². The van der Waals surface area contributed by atoms with Crippen LogP contribution in [0, 0.1) is 0 Å². The second-order valence-corrected chi connectivity index (χ2v) is 10.8. The number of ether oxygens (including phenoxy) is 1. The summed E-state index contributed by atoms with van der Waals surface area (Å²) in [5.74, 6) is 0.350. The van der Waals surface area contributed by atoms with Crippen LogP contribution in [0.2, 0.25) is 0 Å². The Kier molecular flexibility index (Phi) is 12.4. The molecule has 2 amide bonds. The van der Waals surface area contributed by atoms with Crippen molar-refractivity contribution in [3.63, 3.8) is 0 Å². The average molecular weight is 532 g/mol. The van der Waals surface area contributed by atoms with Gasteiger partial charge < -0.3 is 15.0 Å². The van der Waals surface area contributed by atoms with Crippen molar-refractivity contribution in [2.45, 2.75) is 58.9 Å². The lowest BCUT2D eigenvalue weighted by molar-refractivity contribution is -0.140. The highest BCUT2D eigenvalue weighted by atomic mass is 32.2. The number of amides is 2. The zero-order valence-electron chi connectivity index (χ0n) is 22.5. The first kappa shape index (κ1) is 30.2. The zero-order chi connectivity index (χ0) is 27.3. The van der Waals surface area contributed by atoms with Gasteiger partial charge in [0.15, 0.2) is 0 Å². The Balaban J connectivity index is 2.13. The minimum atomic E-state index is -3.55. The first-order valence-corrected chi connectivity index (χ1v) is 14.9. The van der Waals surface area contributed by atoms with Crippen molar-refractivity contribution < 1.29 is 22.7 Å². The Morgan fingerprint density at radius 1 is 0.973 bits per heavy atom. The van der Waals surface area contributed by atoms with Crippen molar-refractivity contribution in [1.29, 1.82) is 0 Å². The Hall–Kier alpha value is -3.07. The predicted molar refractivity (Wildman–Crippen MR) is 148 cm³/mol. The molecule has 2 aromatic carbocycles. The Morgan fingerprint density at radius 3 is 2.22 bits per heavy atom. The van der Waals surface area contributed by atoms with E-state index >= 15 is 0 Å². The van der Waals surface area contributed by atoms with Crippen molar-refractivity contribution in [2.75, 3.05) is 36.8 Å². The monoisotopic (exact) mass is 531 g/mol. The number of anilines is 1. The minimum absolute atomic E-state index is 0.134. The van der Waals surface area contributed by atoms with E-state index < -0.39 is 16.1 Å². The van der Waals surface area contributed by atoms with Crippen LogP contribution in [-0.2, 0) is 26.0 Å². The molecule has 0 fully saturated rings. The van der Waals surface area contributed by atoms with Crippen LogP contribution < -0.4 is 14.4 Å². The van der Waals surface area contributed by atoms with Gasteiger partial charge >= 0.3 is 0 Å². The molecule has 37 heavy (non-hydrogen) atoms. The van der Waals surface area contributed by atoms with E-state index in [1.807, 2.05) is 51.1 Å². The predicted octanol–water partition coefficient (Wildman–Crippen LogP) is 4.01. The maximum absolute atomic E-state index is 13.4. The van der Waals surface area contributed by atoms with E-state index in [4.69, 9.17) is 4.74 Å². The topological polar surface area (TPSA) is 96.0 Å². The highest BCUT2D eigenvalue weighted by Gasteiger charge is 2.28. The van der Waals surface area contributed by atoms with Crippen molar-refractivity contribution in [1.82, 2.24) is 10.2 Å². The fourth-order valence-electron chi connectivity index (χ4n) is 4.14. The maximum Gasteiger partial charge on any atom is 0.242 e. The molecule has 0 aliphatic rings. The van der Waals surface area contributed by atoms with E-state index in [0.29, 0.717) is 50.4 Å². The van der Waals surface area contributed by atoms with Gasteiger partial charge in [-0.25, -0.2) is 8.42 Å². The Morgan fingerprint density at radius 2 is 1.65 bits per heavy atom. The third-order valence-corrected chi connectivity index (χ3v) is 7.20. The van der Waals surface area contributed by atoms with Gasteiger partial charge in [0.1, 0.15) is 11.8 Å². The molecule has 0 bridgehead atoms. The molecule has 0 saturated heterocycles. The summed E-state index contributed by atoms with van der Waals surface area (Å²) in [6.07, 6.45) is 3.56. The smallest absolute Gasteiger partial charge is 0.242 e. The van der Waals surface area contributed by atoms with Crippen LogP contribution in [0.3, 0.4) is 0 Å². The number of hydrogen-bond donors (Lipinski definition) is 1.